The minimum atomic E-state index is -1.10. The normalized spacial score (nSPS) is 11.4. The van der Waals surface area contributed by atoms with E-state index in [1.54, 1.807) is 18.2 Å². The topological polar surface area (TPSA) is 98.5 Å². The van der Waals surface area contributed by atoms with Gasteiger partial charge in [-0.2, -0.15) is 0 Å². The number of nitro benzene ring substituents is 1. The van der Waals surface area contributed by atoms with E-state index in [0.29, 0.717) is 5.56 Å². The van der Waals surface area contributed by atoms with Crippen molar-refractivity contribution in [2.24, 2.45) is 0 Å². The number of carbonyl (C=O) groups is 2. The van der Waals surface area contributed by atoms with E-state index in [-0.39, 0.29) is 11.4 Å². The van der Waals surface area contributed by atoms with Crippen molar-refractivity contribution in [2.75, 3.05) is 5.32 Å². The molecule has 0 bridgehead atoms. The summed E-state index contributed by atoms with van der Waals surface area (Å²) in [6.07, 6.45) is -0.248. The van der Waals surface area contributed by atoms with Crippen LogP contribution in [0.15, 0.2) is 48.5 Å². The number of aryl methyl sites for hydroxylation is 1. The molecule has 2 rings (SSSR count). The number of nitrogens with one attached hydrogen (secondary N) is 1. The first-order chi connectivity index (χ1) is 11.9. The molecule has 0 aromatic heterocycles. The zero-order chi connectivity index (χ0) is 18.4. The van der Waals surface area contributed by atoms with Gasteiger partial charge in [-0.1, -0.05) is 31.2 Å². The summed E-state index contributed by atoms with van der Waals surface area (Å²) in [6.45, 7) is 3.41. The number of hydrogen-bond donors (Lipinski definition) is 1. The van der Waals surface area contributed by atoms with Crippen molar-refractivity contribution < 1.29 is 19.2 Å². The molecule has 0 unspecified atom stereocenters. The molecule has 7 heteroatoms. The highest BCUT2D eigenvalue weighted by Crippen LogP contribution is 2.23. The van der Waals surface area contributed by atoms with Crippen molar-refractivity contribution in [2.45, 2.75) is 26.4 Å². The summed E-state index contributed by atoms with van der Waals surface area (Å²) in [4.78, 5) is 34.6. The minimum absolute atomic E-state index is 0.0488. The fourth-order valence-corrected chi connectivity index (χ4v) is 2.13. The Morgan fingerprint density at radius 1 is 1.16 bits per heavy atom. The molecular weight excluding hydrogens is 324 g/mol. The van der Waals surface area contributed by atoms with E-state index in [4.69, 9.17) is 4.74 Å². The van der Waals surface area contributed by atoms with Gasteiger partial charge in [0.1, 0.15) is 5.69 Å². The van der Waals surface area contributed by atoms with Gasteiger partial charge >= 0.3 is 5.97 Å². The third kappa shape index (κ3) is 4.63. The molecule has 0 radical (unpaired) electrons. The summed E-state index contributed by atoms with van der Waals surface area (Å²) >= 11 is 0. The molecule has 25 heavy (non-hydrogen) atoms. The fourth-order valence-electron chi connectivity index (χ4n) is 2.13. The van der Waals surface area contributed by atoms with Gasteiger partial charge in [0.15, 0.2) is 6.10 Å². The zero-order valence-electron chi connectivity index (χ0n) is 13.9. The van der Waals surface area contributed by atoms with Crippen molar-refractivity contribution in [3.8, 4) is 0 Å². The molecule has 0 heterocycles. The molecule has 7 nitrogen and oxygen atoms in total. The molecule has 0 aliphatic rings. The van der Waals surface area contributed by atoms with Crippen LogP contribution in [0.4, 0.5) is 11.4 Å². The maximum atomic E-state index is 12.1. The highest BCUT2D eigenvalue weighted by atomic mass is 16.6. The monoisotopic (exact) mass is 342 g/mol. The Bertz CT molecular complexity index is 786. The van der Waals surface area contributed by atoms with Crippen molar-refractivity contribution in [1.82, 2.24) is 0 Å². The lowest BCUT2D eigenvalue weighted by molar-refractivity contribution is -0.383. The fraction of sp³-hybridized carbons (Fsp3) is 0.222. The molecule has 1 atom stereocenters. The zero-order valence-corrected chi connectivity index (χ0v) is 13.9. The molecule has 1 amide bonds. The lowest BCUT2D eigenvalue weighted by atomic mass is 10.1. The lowest BCUT2D eigenvalue weighted by Gasteiger charge is -2.13. The number of anilines is 1. The van der Waals surface area contributed by atoms with Crippen LogP contribution < -0.4 is 5.32 Å². The van der Waals surface area contributed by atoms with E-state index in [1.807, 2.05) is 19.1 Å². The van der Waals surface area contributed by atoms with Crippen LogP contribution in [0.1, 0.15) is 29.8 Å². The number of rotatable bonds is 6. The summed E-state index contributed by atoms with van der Waals surface area (Å²) in [5.74, 6) is -1.28. The molecular formula is C18H18N2O5. The predicted molar refractivity (Wildman–Crippen MR) is 92.4 cm³/mol. The number of ether oxygens (including phenoxy) is 1. The molecule has 0 spiro atoms. The SMILES string of the molecule is CCc1ccc(C(=O)O[C@@H](C)C(=O)Nc2ccccc2[N+](=O)[O-])cc1. The first-order valence-electron chi connectivity index (χ1n) is 7.76. The number of para-hydroxylation sites is 2. The summed E-state index contributed by atoms with van der Waals surface area (Å²) in [6, 6.07) is 12.6. The Morgan fingerprint density at radius 3 is 2.40 bits per heavy atom. The quantitative estimate of drug-likeness (QED) is 0.493. The van der Waals surface area contributed by atoms with E-state index >= 15 is 0 Å². The van der Waals surface area contributed by atoms with E-state index < -0.39 is 22.9 Å². The molecule has 0 aliphatic heterocycles. The van der Waals surface area contributed by atoms with Crippen LogP contribution in [0.5, 0.6) is 0 Å². The van der Waals surface area contributed by atoms with Gasteiger partial charge < -0.3 is 10.1 Å². The van der Waals surface area contributed by atoms with Gasteiger partial charge in [0.25, 0.3) is 11.6 Å². The molecule has 0 saturated carbocycles. The average Bonchev–Trinajstić information content (AvgIpc) is 2.61. The second-order valence-electron chi connectivity index (χ2n) is 5.36. The number of benzene rings is 2. The summed E-state index contributed by atoms with van der Waals surface area (Å²) in [5, 5.41) is 13.4. The maximum Gasteiger partial charge on any atom is 0.338 e. The molecule has 0 aliphatic carbocycles. The van der Waals surface area contributed by atoms with Crippen LogP contribution in [0.2, 0.25) is 0 Å². The number of esters is 1. The Kier molecular flexibility index (Phi) is 5.84. The Balaban J connectivity index is 2.02. The Hall–Kier alpha value is -3.22. The van der Waals surface area contributed by atoms with Crippen molar-refractivity contribution in [3.63, 3.8) is 0 Å². The second-order valence-corrected chi connectivity index (χ2v) is 5.36. The minimum Gasteiger partial charge on any atom is -0.449 e. The van der Waals surface area contributed by atoms with Gasteiger partial charge in [-0.25, -0.2) is 4.79 Å². The maximum absolute atomic E-state index is 12.1. The lowest BCUT2D eigenvalue weighted by Crippen LogP contribution is -2.30. The smallest absolute Gasteiger partial charge is 0.338 e. The number of nitro groups is 1. The standard InChI is InChI=1S/C18H18N2O5/c1-3-13-8-10-14(11-9-13)18(22)25-12(2)17(21)19-15-6-4-5-7-16(15)20(23)24/h4-12H,3H2,1-2H3,(H,19,21)/t12-/m0/s1. The molecule has 0 saturated heterocycles. The third-order valence-corrected chi connectivity index (χ3v) is 3.61. The van der Waals surface area contributed by atoms with Crippen LogP contribution in [-0.4, -0.2) is 22.9 Å². The third-order valence-electron chi connectivity index (χ3n) is 3.61. The van der Waals surface area contributed by atoms with E-state index in [1.165, 1.54) is 25.1 Å². The van der Waals surface area contributed by atoms with Crippen LogP contribution >= 0.6 is 0 Å². The van der Waals surface area contributed by atoms with Gasteiger partial charge in [0, 0.05) is 6.07 Å². The molecule has 2 aromatic rings. The summed E-state index contributed by atoms with van der Waals surface area (Å²) in [5.41, 5.74) is 1.23. The number of amides is 1. The van der Waals surface area contributed by atoms with Gasteiger partial charge in [-0.05, 0) is 37.1 Å². The van der Waals surface area contributed by atoms with Crippen LogP contribution in [0.3, 0.4) is 0 Å². The Labute approximate surface area is 144 Å². The summed E-state index contributed by atoms with van der Waals surface area (Å²) < 4.78 is 5.12. The summed E-state index contributed by atoms with van der Waals surface area (Å²) in [7, 11) is 0. The van der Waals surface area contributed by atoms with Crippen LogP contribution in [0, 0.1) is 10.1 Å². The highest BCUT2D eigenvalue weighted by Gasteiger charge is 2.22. The van der Waals surface area contributed by atoms with Crippen molar-refractivity contribution >= 4 is 23.3 Å². The molecule has 130 valence electrons. The van der Waals surface area contributed by atoms with Gasteiger partial charge in [-0.15, -0.1) is 0 Å². The van der Waals surface area contributed by atoms with Gasteiger partial charge in [0.05, 0.1) is 10.5 Å². The van der Waals surface area contributed by atoms with Crippen molar-refractivity contribution in [3.05, 3.63) is 69.8 Å². The first-order valence-corrected chi connectivity index (χ1v) is 7.76. The predicted octanol–water partition coefficient (Wildman–Crippen LogP) is 3.34. The van der Waals surface area contributed by atoms with Crippen LogP contribution in [-0.2, 0) is 16.0 Å². The molecule has 0 fully saturated rings. The highest BCUT2D eigenvalue weighted by molar-refractivity contribution is 5.98. The van der Waals surface area contributed by atoms with E-state index in [0.717, 1.165) is 12.0 Å². The van der Waals surface area contributed by atoms with E-state index in [9.17, 15) is 19.7 Å². The average molecular weight is 342 g/mol. The Morgan fingerprint density at radius 2 is 1.80 bits per heavy atom. The first kappa shape index (κ1) is 18.1. The largest absolute Gasteiger partial charge is 0.449 e. The second kappa shape index (κ2) is 8.05. The molecule has 1 N–H and O–H groups in total. The van der Waals surface area contributed by atoms with Gasteiger partial charge in [-0.3, -0.25) is 14.9 Å². The number of hydrogen-bond acceptors (Lipinski definition) is 5. The number of carbonyl (C=O) groups excluding carboxylic acids is 2. The van der Waals surface area contributed by atoms with E-state index in [2.05, 4.69) is 5.32 Å². The molecule has 2 aromatic carbocycles. The van der Waals surface area contributed by atoms with Crippen LogP contribution in [0.25, 0.3) is 0 Å². The number of nitrogens with zero attached hydrogens (tertiary/aromatic N) is 1. The van der Waals surface area contributed by atoms with Gasteiger partial charge in [0.2, 0.25) is 0 Å². The van der Waals surface area contributed by atoms with Crippen molar-refractivity contribution in [1.29, 1.82) is 0 Å².